The fourth-order valence-corrected chi connectivity index (χ4v) is 3.71. The molecule has 5 nitrogen and oxygen atoms in total. The van der Waals surface area contributed by atoms with Gasteiger partial charge in [-0.3, -0.25) is 9.78 Å². The molecule has 152 valence electrons. The summed E-state index contributed by atoms with van der Waals surface area (Å²) in [7, 11) is 0. The van der Waals surface area contributed by atoms with E-state index in [0.29, 0.717) is 6.54 Å². The molecule has 0 atom stereocenters. The van der Waals surface area contributed by atoms with Crippen molar-refractivity contribution in [3.63, 3.8) is 0 Å². The summed E-state index contributed by atoms with van der Waals surface area (Å²) in [6, 6.07) is 10.3. The van der Waals surface area contributed by atoms with Crippen LogP contribution in [0.2, 0.25) is 0 Å². The highest BCUT2D eigenvalue weighted by molar-refractivity contribution is 5.94. The van der Waals surface area contributed by atoms with Gasteiger partial charge in [0.2, 0.25) is 5.91 Å². The Kier molecular flexibility index (Phi) is 7.56. The maximum Gasteiger partial charge on any atom is 0.246 e. The molecule has 2 heterocycles. The van der Waals surface area contributed by atoms with Crippen molar-refractivity contribution in [2.24, 2.45) is 0 Å². The Morgan fingerprint density at radius 3 is 2.45 bits per heavy atom. The predicted octanol–water partition coefficient (Wildman–Crippen LogP) is 4.73. The Morgan fingerprint density at radius 1 is 0.966 bits per heavy atom. The molecular weight excluding hydrogens is 360 g/mol. The van der Waals surface area contributed by atoms with Crippen molar-refractivity contribution in [2.45, 2.75) is 52.5 Å². The zero-order valence-corrected chi connectivity index (χ0v) is 17.4. The second kappa shape index (κ2) is 10.6. The van der Waals surface area contributed by atoms with Crippen molar-refractivity contribution < 1.29 is 4.79 Å². The standard InChI is InChI=1S/C24H30N4O/c1-20-9-7-10-21(2)24(20)28(23(29)18-27-16-14-26-19-27)15-6-4-3-5-11-22-12-8-13-25-17-22/h7-10,12-14,16-17,19H,3-6,11,15,18H2,1-2H3. The molecule has 0 fully saturated rings. The van der Waals surface area contributed by atoms with Crippen LogP contribution in [0.4, 0.5) is 5.69 Å². The number of aromatic nitrogens is 3. The smallest absolute Gasteiger partial charge is 0.246 e. The molecule has 0 aliphatic rings. The molecule has 2 aromatic heterocycles. The number of unbranched alkanes of at least 4 members (excludes halogenated alkanes) is 3. The molecule has 1 amide bonds. The number of nitrogens with zero attached hydrogens (tertiary/aromatic N) is 4. The number of para-hydroxylation sites is 1. The van der Waals surface area contributed by atoms with E-state index in [1.54, 1.807) is 12.5 Å². The minimum absolute atomic E-state index is 0.107. The van der Waals surface area contributed by atoms with E-state index in [-0.39, 0.29) is 5.91 Å². The van der Waals surface area contributed by atoms with Gasteiger partial charge in [0.25, 0.3) is 0 Å². The molecule has 0 saturated heterocycles. The SMILES string of the molecule is Cc1cccc(C)c1N(CCCCCCc1cccnc1)C(=O)Cn1ccnc1. The monoisotopic (exact) mass is 390 g/mol. The van der Waals surface area contributed by atoms with Gasteiger partial charge >= 0.3 is 0 Å². The molecule has 5 heteroatoms. The topological polar surface area (TPSA) is 51.0 Å². The van der Waals surface area contributed by atoms with Crippen molar-refractivity contribution in [3.8, 4) is 0 Å². The predicted molar refractivity (Wildman–Crippen MR) is 117 cm³/mol. The average Bonchev–Trinajstić information content (AvgIpc) is 3.22. The Bertz CT molecular complexity index is 870. The van der Waals surface area contributed by atoms with E-state index in [1.165, 1.54) is 5.56 Å². The first-order valence-corrected chi connectivity index (χ1v) is 10.4. The lowest BCUT2D eigenvalue weighted by atomic mass is 10.1. The first kappa shape index (κ1) is 20.8. The van der Waals surface area contributed by atoms with Gasteiger partial charge in [-0.05, 0) is 55.9 Å². The number of imidazole rings is 1. The number of carbonyl (C=O) groups is 1. The first-order valence-electron chi connectivity index (χ1n) is 10.4. The summed E-state index contributed by atoms with van der Waals surface area (Å²) in [6.07, 6.45) is 14.5. The van der Waals surface area contributed by atoms with Gasteiger partial charge in [0.15, 0.2) is 0 Å². The van der Waals surface area contributed by atoms with Crippen molar-refractivity contribution in [2.75, 3.05) is 11.4 Å². The van der Waals surface area contributed by atoms with Crippen LogP contribution in [0.15, 0.2) is 61.4 Å². The lowest BCUT2D eigenvalue weighted by molar-refractivity contribution is -0.119. The fraction of sp³-hybridized carbons (Fsp3) is 0.375. The zero-order valence-electron chi connectivity index (χ0n) is 17.4. The van der Waals surface area contributed by atoms with Crippen LogP contribution in [0.1, 0.15) is 42.4 Å². The normalized spacial score (nSPS) is 10.8. The maximum atomic E-state index is 13.1. The second-order valence-electron chi connectivity index (χ2n) is 7.55. The number of amides is 1. The summed E-state index contributed by atoms with van der Waals surface area (Å²) in [6.45, 7) is 5.21. The van der Waals surface area contributed by atoms with E-state index in [2.05, 4.69) is 42.0 Å². The van der Waals surface area contributed by atoms with E-state index < -0.39 is 0 Å². The molecular formula is C24H30N4O. The number of hydrogen-bond acceptors (Lipinski definition) is 3. The average molecular weight is 391 g/mol. The van der Waals surface area contributed by atoms with E-state index in [9.17, 15) is 4.79 Å². The molecule has 0 spiro atoms. The number of benzene rings is 1. The fourth-order valence-electron chi connectivity index (χ4n) is 3.71. The van der Waals surface area contributed by atoms with Gasteiger partial charge in [0.05, 0.1) is 6.33 Å². The molecule has 3 rings (SSSR count). The highest BCUT2D eigenvalue weighted by Gasteiger charge is 2.19. The first-order chi connectivity index (χ1) is 14.1. The molecule has 0 aliphatic heterocycles. The summed E-state index contributed by atoms with van der Waals surface area (Å²) < 4.78 is 1.83. The highest BCUT2D eigenvalue weighted by Crippen LogP contribution is 2.25. The number of aryl methyl sites for hydroxylation is 3. The van der Waals surface area contributed by atoms with Crippen molar-refractivity contribution in [3.05, 3.63) is 78.1 Å². The molecule has 0 aliphatic carbocycles. The van der Waals surface area contributed by atoms with E-state index in [4.69, 9.17) is 0 Å². The van der Waals surface area contributed by atoms with Crippen LogP contribution in [0.25, 0.3) is 0 Å². The van der Waals surface area contributed by atoms with Crippen molar-refractivity contribution >= 4 is 11.6 Å². The quantitative estimate of drug-likeness (QED) is 0.470. The van der Waals surface area contributed by atoms with E-state index >= 15 is 0 Å². The minimum Gasteiger partial charge on any atom is -0.328 e. The van der Waals surface area contributed by atoms with Crippen LogP contribution in [0, 0.1) is 13.8 Å². The van der Waals surface area contributed by atoms with Crippen LogP contribution in [-0.4, -0.2) is 27.0 Å². The van der Waals surface area contributed by atoms with Crippen LogP contribution < -0.4 is 4.90 Å². The summed E-state index contributed by atoms with van der Waals surface area (Å²) in [4.78, 5) is 23.3. The molecule has 1 aromatic carbocycles. The number of carbonyl (C=O) groups excluding carboxylic acids is 1. The van der Waals surface area contributed by atoms with Gasteiger partial charge in [-0.25, -0.2) is 4.98 Å². The second-order valence-corrected chi connectivity index (χ2v) is 7.55. The molecule has 29 heavy (non-hydrogen) atoms. The molecule has 0 saturated carbocycles. The third-order valence-corrected chi connectivity index (χ3v) is 5.21. The van der Waals surface area contributed by atoms with Gasteiger partial charge in [-0.2, -0.15) is 0 Å². The number of hydrogen-bond donors (Lipinski definition) is 0. The Hall–Kier alpha value is -2.95. The molecule has 0 N–H and O–H groups in total. The highest BCUT2D eigenvalue weighted by atomic mass is 16.2. The van der Waals surface area contributed by atoms with Crippen LogP contribution in [0.3, 0.4) is 0 Å². The summed E-state index contributed by atoms with van der Waals surface area (Å²) in [5.41, 5.74) is 4.62. The van der Waals surface area contributed by atoms with Gasteiger partial charge < -0.3 is 9.47 Å². The number of anilines is 1. The van der Waals surface area contributed by atoms with Gasteiger partial charge in [-0.15, -0.1) is 0 Å². The van der Waals surface area contributed by atoms with Gasteiger partial charge in [-0.1, -0.05) is 37.1 Å². The minimum atomic E-state index is 0.107. The lowest BCUT2D eigenvalue weighted by Crippen LogP contribution is -2.35. The maximum absolute atomic E-state index is 13.1. The molecule has 3 aromatic rings. The zero-order chi connectivity index (χ0) is 20.5. The molecule has 0 unspecified atom stereocenters. The molecule has 0 radical (unpaired) electrons. The summed E-state index contributed by atoms with van der Waals surface area (Å²) in [5, 5.41) is 0. The van der Waals surface area contributed by atoms with E-state index in [1.807, 2.05) is 40.2 Å². The Labute approximate surface area is 173 Å². The van der Waals surface area contributed by atoms with E-state index in [0.717, 1.165) is 55.5 Å². The summed E-state index contributed by atoms with van der Waals surface area (Å²) >= 11 is 0. The summed E-state index contributed by atoms with van der Waals surface area (Å²) in [5.74, 6) is 0.107. The van der Waals surface area contributed by atoms with Crippen LogP contribution >= 0.6 is 0 Å². The van der Waals surface area contributed by atoms with Crippen molar-refractivity contribution in [1.29, 1.82) is 0 Å². The third kappa shape index (κ3) is 6.01. The van der Waals surface area contributed by atoms with Crippen LogP contribution in [-0.2, 0) is 17.8 Å². The van der Waals surface area contributed by atoms with Crippen molar-refractivity contribution in [1.82, 2.24) is 14.5 Å². The lowest BCUT2D eigenvalue weighted by Gasteiger charge is -2.26. The Morgan fingerprint density at radius 2 is 1.76 bits per heavy atom. The largest absolute Gasteiger partial charge is 0.328 e. The molecule has 0 bridgehead atoms. The van der Waals surface area contributed by atoms with Gasteiger partial charge in [0.1, 0.15) is 6.54 Å². The Balaban J connectivity index is 1.57. The van der Waals surface area contributed by atoms with Crippen LogP contribution in [0.5, 0.6) is 0 Å². The number of pyridine rings is 1. The third-order valence-electron chi connectivity index (χ3n) is 5.21. The number of rotatable bonds is 10. The van der Waals surface area contributed by atoms with Gasteiger partial charge in [0, 0.05) is 37.0 Å².